The summed E-state index contributed by atoms with van der Waals surface area (Å²) >= 11 is 0. The van der Waals surface area contributed by atoms with Crippen molar-refractivity contribution in [2.45, 2.75) is 10.9 Å². The maximum absolute atomic E-state index is 13.8. The molecule has 1 aromatic heterocycles. The van der Waals surface area contributed by atoms with Gasteiger partial charge in [-0.25, -0.2) is 17.5 Å². The van der Waals surface area contributed by atoms with E-state index in [0.717, 1.165) is 17.3 Å². The number of hydrogen-bond donors (Lipinski definition) is 0. The lowest BCUT2D eigenvalue weighted by Crippen LogP contribution is -2.50. The highest BCUT2D eigenvalue weighted by Gasteiger charge is 2.39. The number of benzene rings is 2. The second-order valence-corrected chi connectivity index (χ2v) is 7.76. The Labute approximate surface area is 144 Å². The number of rotatable bonds is 4. The smallest absolute Gasteiger partial charge is 0.246 e. The minimum absolute atomic E-state index is 0.105. The van der Waals surface area contributed by atoms with Crippen molar-refractivity contribution in [2.75, 3.05) is 13.1 Å². The minimum Gasteiger partial charge on any atom is -0.246 e. The Morgan fingerprint density at radius 2 is 1.68 bits per heavy atom. The standard InChI is InChI=1S/C17H15FN4O2S/c18-15-8-4-5-9-17(15)25(23,24)21-10-14(11-21)22-12-16(19-20-22)13-6-2-1-3-7-13/h1-9,12,14H,10-11H2. The van der Waals surface area contributed by atoms with E-state index in [2.05, 4.69) is 10.3 Å². The van der Waals surface area contributed by atoms with Crippen molar-refractivity contribution < 1.29 is 12.8 Å². The van der Waals surface area contributed by atoms with Gasteiger partial charge in [-0.15, -0.1) is 5.10 Å². The highest BCUT2D eigenvalue weighted by Crippen LogP contribution is 2.29. The molecule has 1 saturated heterocycles. The van der Waals surface area contributed by atoms with Crippen LogP contribution in [0.3, 0.4) is 0 Å². The summed E-state index contributed by atoms with van der Waals surface area (Å²) in [4.78, 5) is -0.294. The summed E-state index contributed by atoms with van der Waals surface area (Å²) in [6, 6.07) is 14.9. The van der Waals surface area contributed by atoms with Gasteiger partial charge in [0.2, 0.25) is 10.0 Å². The molecule has 0 radical (unpaired) electrons. The monoisotopic (exact) mass is 358 g/mol. The Kier molecular flexibility index (Phi) is 3.85. The van der Waals surface area contributed by atoms with E-state index in [-0.39, 0.29) is 24.0 Å². The summed E-state index contributed by atoms with van der Waals surface area (Å²) in [5.74, 6) is -0.738. The number of halogens is 1. The Morgan fingerprint density at radius 3 is 2.40 bits per heavy atom. The van der Waals surface area contributed by atoms with E-state index in [9.17, 15) is 12.8 Å². The predicted molar refractivity (Wildman–Crippen MR) is 89.7 cm³/mol. The van der Waals surface area contributed by atoms with Crippen LogP contribution in [0.4, 0.5) is 4.39 Å². The van der Waals surface area contributed by atoms with Crippen LogP contribution in [0.1, 0.15) is 6.04 Å². The quantitative estimate of drug-likeness (QED) is 0.718. The minimum atomic E-state index is -3.82. The van der Waals surface area contributed by atoms with Crippen molar-refractivity contribution in [3.05, 3.63) is 66.6 Å². The molecule has 0 aliphatic carbocycles. The number of hydrogen-bond acceptors (Lipinski definition) is 4. The van der Waals surface area contributed by atoms with Crippen LogP contribution in [0.15, 0.2) is 65.7 Å². The van der Waals surface area contributed by atoms with Gasteiger partial charge in [-0.3, -0.25) is 0 Å². The topological polar surface area (TPSA) is 68.1 Å². The third kappa shape index (κ3) is 2.83. The first kappa shape index (κ1) is 15.9. The van der Waals surface area contributed by atoms with Crippen molar-refractivity contribution in [2.24, 2.45) is 0 Å². The van der Waals surface area contributed by atoms with E-state index < -0.39 is 15.8 Å². The van der Waals surface area contributed by atoms with Gasteiger partial charge in [-0.05, 0) is 12.1 Å². The van der Waals surface area contributed by atoms with Gasteiger partial charge < -0.3 is 0 Å². The molecule has 0 saturated carbocycles. The molecule has 0 spiro atoms. The fraction of sp³-hybridized carbons (Fsp3) is 0.176. The van der Waals surface area contributed by atoms with E-state index in [1.54, 1.807) is 10.9 Å². The van der Waals surface area contributed by atoms with E-state index in [1.807, 2.05) is 30.3 Å². The lowest BCUT2D eigenvalue weighted by Gasteiger charge is -2.37. The molecule has 8 heteroatoms. The fourth-order valence-electron chi connectivity index (χ4n) is 2.77. The summed E-state index contributed by atoms with van der Waals surface area (Å²) in [5, 5.41) is 8.23. The molecule has 1 fully saturated rings. The van der Waals surface area contributed by atoms with Crippen LogP contribution in [-0.4, -0.2) is 40.8 Å². The van der Waals surface area contributed by atoms with Crippen molar-refractivity contribution >= 4 is 10.0 Å². The third-order valence-electron chi connectivity index (χ3n) is 4.24. The van der Waals surface area contributed by atoms with Crippen LogP contribution in [0.25, 0.3) is 11.3 Å². The van der Waals surface area contributed by atoms with Crippen LogP contribution in [0.2, 0.25) is 0 Å². The normalized spacial score (nSPS) is 15.9. The molecular weight excluding hydrogens is 343 g/mol. The fourth-order valence-corrected chi connectivity index (χ4v) is 4.35. The zero-order valence-electron chi connectivity index (χ0n) is 13.2. The first-order chi connectivity index (χ1) is 12.1. The zero-order valence-corrected chi connectivity index (χ0v) is 14.0. The molecular formula is C17H15FN4O2S. The molecule has 1 aliphatic heterocycles. The predicted octanol–water partition coefficient (Wildman–Crippen LogP) is 2.33. The molecule has 128 valence electrons. The highest BCUT2D eigenvalue weighted by atomic mass is 32.2. The van der Waals surface area contributed by atoms with Crippen molar-refractivity contribution in [3.63, 3.8) is 0 Å². The highest BCUT2D eigenvalue weighted by molar-refractivity contribution is 7.89. The number of sulfonamides is 1. The van der Waals surface area contributed by atoms with Gasteiger partial charge in [0.25, 0.3) is 0 Å². The Bertz CT molecular complexity index is 998. The molecule has 0 unspecified atom stereocenters. The first-order valence-corrected chi connectivity index (χ1v) is 9.21. The van der Waals surface area contributed by atoms with Crippen LogP contribution in [0.5, 0.6) is 0 Å². The largest absolute Gasteiger partial charge is 0.246 e. The maximum atomic E-state index is 13.8. The van der Waals surface area contributed by atoms with Gasteiger partial charge in [0.05, 0.1) is 12.2 Å². The second kappa shape index (κ2) is 6.05. The number of nitrogens with zero attached hydrogens (tertiary/aromatic N) is 4. The Hall–Kier alpha value is -2.58. The molecule has 0 N–H and O–H groups in total. The molecule has 6 nitrogen and oxygen atoms in total. The van der Waals surface area contributed by atoms with Crippen molar-refractivity contribution in [3.8, 4) is 11.3 Å². The van der Waals surface area contributed by atoms with Gasteiger partial charge in [-0.2, -0.15) is 4.31 Å². The van der Waals surface area contributed by atoms with Gasteiger partial charge >= 0.3 is 0 Å². The third-order valence-corrected chi connectivity index (χ3v) is 6.10. The van der Waals surface area contributed by atoms with Crippen molar-refractivity contribution in [1.29, 1.82) is 0 Å². The first-order valence-electron chi connectivity index (χ1n) is 7.77. The van der Waals surface area contributed by atoms with Gasteiger partial charge in [0, 0.05) is 18.7 Å². The number of aromatic nitrogens is 3. The summed E-state index contributed by atoms with van der Waals surface area (Å²) < 4.78 is 41.7. The SMILES string of the molecule is O=S(=O)(c1ccccc1F)N1CC(n2cc(-c3ccccc3)nn2)C1. The molecule has 4 rings (SSSR count). The molecule has 3 aromatic rings. The molecule has 1 aliphatic rings. The molecule has 0 bridgehead atoms. The summed E-state index contributed by atoms with van der Waals surface area (Å²) in [7, 11) is -3.82. The van der Waals surface area contributed by atoms with Crippen LogP contribution in [-0.2, 0) is 10.0 Å². The van der Waals surface area contributed by atoms with Crippen molar-refractivity contribution in [1.82, 2.24) is 19.3 Å². The molecule has 2 heterocycles. The zero-order chi connectivity index (χ0) is 17.4. The van der Waals surface area contributed by atoms with Gasteiger partial charge in [0.1, 0.15) is 16.4 Å². The van der Waals surface area contributed by atoms with Gasteiger partial charge in [-0.1, -0.05) is 47.7 Å². The maximum Gasteiger partial charge on any atom is 0.246 e. The lowest BCUT2D eigenvalue weighted by atomic mass is 10.1. The van der Waals surface area contributed by atoms with Gasteiger partial charge in [0.15, 0.2) is 0 Å². The van der Waals surface area contributed by atoms with E-state index >= 15 is 0 Å². The average Bonchev–Trinajstić information content (AvgIpc) is 3.04. The summed E-state index contributed by atoms with van der Waals surface area (Å²) in [5.41, 5.74) is 1.68. The Balaban J connectivity index is 1.49. The Morgan fingerprint density at radius 1 is 1.00 bits per heavy atom. The molecule has 25 heavy (non-hydrogen) atoms. The van der Waals surface area contributed by atoms with E-state index in [0.29, 0.717) is 0 Å². The average molecular weight is 358 g/mol. The summed E-state index contributed by atoms with van der Waals surface area (Å²) in [6.45, 7) is 0.489. The molecule has 2 aromatic carbocycles. The summed E-state index contributed by atoms with van der Waals surface area (Å²) in [6.07, 6.45) is 1.80. The van der Waals surface area contributed by atoms with E-state index in [1.165, 1.54) is 22.5 Å². The second-order valence-electron chi connectivity index (χ2n) is 5.86. The van der Waals surface area contributed by atoms with E-state index in [4.69, 9.17) is 0 Å². The van der Waals surface area contributed by atoms with Crippen LogP contribution < -0.4 is 0 Å². The van der Waals surface area contributed by atoms with Crippen LogP contribution in [0, 0.1) is 5.82 Å². The van der Waals surface area contributed by atoms with Crippen LogP contribution >= 0.6 is 0 Å². The molecule has 0 amide bonds. The lowest BCUT2D eigenvalue weighted by molar-refractivity contribution is 0.188. The molecule has 0 atom stereocenters.